The molecule has 4 nitrogen and oxygen atoms in total. The molecule has 134 valence electrons. The van der Waals surface area contributed by atoms with Crippen molar-refractivity contribution in [2.45, 2.75) is 13.8 Å². The molecule has 0 aliphatic carbocycles. The van der Waals surface area contributed by atoms with Crippen LogP contribution in [0.3, 0.4) is 0 Å². The number of rotatable bonds is 3. The molecule has 0 atom stereocenters. The highest BCUT2D eigenvalue weighted by atomic mass is 32.1. The monoisotopic (exact) mass is 378 g/mol. The number of halogens is 3. The molecule has 3 aromatic rings. The number of aromatic hydroxyl groups is 1. The molecule has 26 heavy (non-hydrogen) atoms. The number of thiazole rings is 1. The quantitative estimate of drug-likeness (QED) is 0.644. The predicted octanol–water partition coefficient (Wildman–Crippen LogP) is 4.80. The molecule has 2 aromatic carbocycles. The van der Waals surface area contributed by atoms with Crippen LogP contribution < -0.4 is 5.32 Å². The molecule has 0 radical (unpaired) electrons. The van der Waals surface area contributed by atoms with Crippen molar-refractivity contribution in [3.63, 3.8) is 0 Å². The highest BCUT2D eigenvalue weighted by Gasteiger charge is 2.23. The Morgan fingerprint density at radius 2 is 1.77 bits per heavy atom. The van der Waals surface area contributed by atoms with Crippen molar-refractivity contribution < 1.29 is 23.1 Å². The summed E-state index contributed by atoms with van der Waals surface area (Å²) in [6, 6.07) is 7.74. The van der Waals surface area contributed by atoms with Gasteiger partial charge in [-0.1, -0.05) is 17.7 Å². The smallest absolute Gasteiger partial charge is 0.267 e. The molecule has 8 heteroatoms. The molecule has 2 N–H and O–H groups in total. The van der Waals surface area contributed by atoms with E-state index in [9.17, 15) is 23.1 Å². The summed E-state index contributed by atoms with van der Waals surface area (Å²) in [5.74, 6) is -6.28. The van der Waals surface area contributed by atoms with Crippen molar-refractivity contribution in [2.24, 2.45) is 0 Å². The summed E-state index contributed by atoms with van der Waals surface area (Å²) in [6.45, 7) is 3.46. The predicted molar refractivity (Wildman–Crippen MR) is 93.0 cm³/mol. The summed E-state index contributed by atoms with van der Waals surface area (Å²) < 4.78 is 40.8. The fraction of sp³-hybridized carbons (Fsp3) is 0.111. The van der Waals surface area contributed by atoms with Gasteiger partial charge in [0, 0.05) is 5.69 Å². The van der Waals surface area contributed by atoms with Crippen LogP contribution in [0.5, 0.6) is 5.75 Å². The highest BCUT2D eigenvalue weighted by molar-refractivity contribution is 7.17. The number of anilines is 1. The lowest BCUT2D eigenvalue weighted by atomic mass is 10.2. The van der Waals surface area contributed by atoms with Gasteiger partial charge in [0.15, 0.2) is 17.4 Å². The van der Waals surface area contributed by atoms with Gasteiger partial charge in [0.05, 0.1) is 11.3 Å². The zero-order valence-electron chi connectivity index (χ0n) is 13.7. The second-order valence-electron chi connectivity index (χ2n) is 5.64. The maximum Gasteiger partial charge on any atom is 0.267 e. The molecular weight excluding hydrogens is 365 g/mol. The van der Waals surface area contributed by atoms with Crippen molar-refractivity contribution in [3.05, 3.63) is 63.9 Å². The van der Waals surface area contributed by atoms with Gasteiger partial charge in [0.1, 0.15) is 9.88 Å². The normalized spacial score (nSPS) is 10.8. The Labute approximate surface area is 151 Å². The third-order valence-electron chi connectivity index (χ3n) is 3.68. The number of phenols is 1. The average Bonchev–Trinajstić information content (AvgIpc) is 3.00. The number of hydrogen-bond acceptors (Lipinski definition) is 4. The van der Waals surface area contributed by atoms with E-state index in [1.54, 1.807) is 19.1 Å². The van der Waals surface area contributed by atoms with Crippen molar-refractivity contribution in [3.8, 4) is 16.3 Å². The number of nitrogens with one attached hydrogen (secondary N) is 1. The summed E-state index contributed by atoms with van der Waals surface area (Å²) >= 11 is 0.817. The van der Waals surface area contributed by atoms with Gasteiger partial charge in [-0.15, -0.1) is 11.3 Å². The van der Waals surface area contributed by atoms with Gasteiger partial charge < -0.3 is 10.4 Å². The Balaban J connectivity index is 1.95. The first kappa shape index (κ1) is 17.9. The van der Waals surface area contributed by atoms with Crippen molar-refractivity contribution >= 4 is 22.9 Å². The zero-order valence-corrected chi connectivity index (χ0v) is 14.5. The molecular formula is C18H13F3N2O2S. The maximum atomic E-state index is 14.1. The molecule has 0 saturated heterocycles. The lowest BCUT2D eigenvalue weighted by Gasteiger charge is -2.04. The van der Waals surface area contributed by atoms with Crippen molar-refractivity contribution in [1.29, 1.82) is 0 Å². The van der Waals surface area contributed by atoms with Crippen LogP contribution in [-0.2, 0) is 0 Å². The molecule has 0 spiro atoms. The topological polar surface area (TPSA) is 62.2 Å². The van der Waals surface area contributed by atoms with Crippen LogP contribution in [0.2, 0.25) is 0 Å². The van der Waals surface area contributed by atoms with E-state index >= 15 is 0 Å². The van der Waals surface area contributed by atoms with E-state index in [0.29, 0.717) is 17.4 Å². The summed E-state index contributed by atoms with van der Waals surface area (Å²) in [4.78, 5) is 16.7. The largest absolute Gasteiger partial charge is 0.503 e. The Kier molecular flexibility index (Phi) is 4.69. The van der Waals surface area contributed by atoms with Gasteiger partial charge in [-0.05, 0) is 32.0 Å². The van der Waals surface area contributed by atoms with E-state index in [2.05, 4.69) is 10.3 Å². The first-order valence-electron chi connectivity index (χ1n) is 7.50. The standard InChI is InChI=1S/C18H13F3N2O2S/c1-8-3-5-10(6-4-8)23-17(25)16-9(2)22-18(26-16)11-7-12(19)14(21)15(24)13(11)20/h3-7,24H,1-2H3,(H,23,25). The van der Waals surface area contributed by atoms with Crippen LogP contribution >= 0.6 is 11.3 Å². The SMILES string of the molecule is Cc1ccc(NC(=O)c2sc(-c3cc(F)c(F)c(O)c3F)nc2C)cc1. The van der Waals surface area contributed by atoms with Gasteiger partial charge in [-0.25, -0.2) is 13.8 Å². The van der Waals surface area contributed by atoms with Crippen LogP contribution in [0.4, 0.5) is 18.9 Å². The van der Waals surface area contributed by atoms with Crippen LogP contribution in [0.1, 0.15) is 20.9 Å². The Morgan fingerprint density at radius 3 is 2.42 bits per heavy atom. The number of nitrogens with zero attached hydrogens (tertiary/aromatic N) is 1. The second kappa shape index (κ2) is 6.80. The van der Waals surface area contributed by atoms with E-state index in [1.165, 1.54) is 0 Å². The summed E-state index contributed by atoms with van der Waals surface area (Å²) in [7, 11) is 0. The van der Waals surface area contributed by atoms with Gasteiger partial charge >= 0.3 is 0 Å². The number of aryl methyl sites for hydroxylation is 2. The Hall–Kier alpha value is -2.87. The van der Waals surface area contributed by atoms with Gasteiger partial charge in [0.2, 0.25) is 5.82 Å². The van der Waals surface area contributed by atoms with Crippen LogP contribution in [0.15, 0.2) is 30.3 Å². The first-order valence-corrected chi connectivity index (χ1v) is 8.32. The van der Waals surface area contributed by atoms with E-state index < -0.39 is 34.7 Å². The molecule has 1 aromatic heterocycles. The minimum atomic E-state index is -1.67. The first-order chi connectivity index (χ1) is 12.3. The summed E-state index contributed by atoms with van der Waals surface area (Å²) in [6.07, 6.45) is 0. The molecule has 0 bridgehead atoms. The Bertz CT molecular complexity index is 1000. The zero-order chi connectivity index (χ0) is 19.0. The molecule has 0 fully saturated rings. The fourth-order valence-electron chi connectivity index (χ4n) is 2.29. The number of carbonyl (C=O) groups excluding carboxylic acids is 1. The van der Waals surface area contributed by atoms with Crippen molar-refractivity contribution in [2.75, 3.05) is 5.32 Å². The van der Waals surface area contributed by atoms with E-state index in [1.807, 2.05) is 19.1 Å². The minimum absolute atomic E-state index is 0.0387. The van der Waals surface area contributed by atoms with Crippen LogP contribution in [0, 0.1) is 31.3 Å². The summed E-state index contributed by atoms with van der Waals surface area (Å²) in [5, 5.41) is 12.0. The van der Waals surface area contributed by atoms with Crippen molar-refractivity contribution in [1.82, 2.24) is 4.98 Å². The van der Waals surface area contributed by atoms with Crippen LogP contribution in [-0.4, -0.2) is 16.0 Å². The summed E-state index contributed by atoms with van der Waals surface area (Å²) in [5.41, 5.74) is 1.50. The van der Waals surface area contributed by atoms with Gasteiger partial charge in [0.25, 0.3) is 5.91 Å². The number of amides is 1. The average molecular weight is 378 g/mol. The molecule has 0 aliphatic rings. The molecule has 1 heterocycles. The third kappa shape index (κ3) is 3.28. The number of benzene rings is 2. The molecule has 3 rings (SSSR count). The lowest BCUT2D eigenvalue weighted by Crippen LogP contribution is -2.11. The maximum absolute atomic E-state index is 14.1. The number of carbonyl (C=O) groups is 1. The third-order valence-corrected chi connectivity index (χ3v) is 4.87. The number of aromatic nitrogens is 1. The minimum Gasteiger partial charge on any atom is -0.503 e. The lowest BCUT2D eigenvalue weighted by molar-refractivity contribution is 0.103. The van der Waals surface area contributed by atoms with E-state index in [-0.39, 0.29) is 9.88 Å². The van der Waals surface area contributed by atoms with Gasteiger partial charge in [-0.2, -0.15) is 4.39 Å². The molecule has 0 aliphatic heterocycles. The molecule has 1 amide bonds. The highest BCUT2D eigenvalue weighted by Crippen LogP contribution is 2.35. The molecule has 0 saturated carbocycles. The second-order valence-corrected chi connectivity index (χ2v) is 6.64. The Morgan fingerprint density at radius 1 is 1.12 bits per heavy atom. The number of hydrogen-bond donors (Lipinski definition) is 2. The fourth-order valence-corrected chi connectivity index (χ4v) is 3.26. The van der Waals surface area contributed by atoms with Gasteiger partial charge in [-0.3, -0.25) is 4.79 Å². The van der Waals surface area contributed by atoms with E-state index in [0.717, 1.165) is 16.9 Å². The number of phenolic OH excluding ortho intramolecular Hbond substituents is 1. The van der Waals surface area contributed by atoms with E-state index in [4.69, 9.17) is 0 Å². The van der Waals surface area contributed by atoms with Crippen LogP contribution in [0.25, 0.3) is 10.6 Å². The molecule has 0 unspecified atom stereocenters.